The molecule has 12 heteroatoms. The number of carboxylic acid groups (broad SMARTS) is 1. The number of thiazole rings is 1. The largest absolute Gasteiger partial charge is 0.490 e. The summed E-state index contributed by atoms with van der Waals surface area (Å²) in [7, 11) is 0. The highest BCUT2D eigenvalue weighted by molar-refractivity contribution is 7.09. The zero-order valence-electron chi connectivity index (χ0n) is 16.8. The van der Waals surface area contributed by atoms with Gasteiger partial charge in [-0.25, -0.2) is 9.78 Å². The summed E-state index contributed by atoms with van der Waals surface area (Å²) in [6, 6.07) is 5.76. The van der Waals surface area contributed by atoms with E-state index in [2.05, 4.69) is 9.88 Å². The molecule has 1 atom stereocenters. The molecule has 1 unspecified atom stereocenters. The van der Waals surface area contributed by atoms with Crippen LogP contribution in [0, 0.1) is 5.41 Å². The number of hydrogen-bond donors (Lipinski definition) is 1. The van der Waals surface area contributed by atoms with E-state index in [0.717, 1.165) is 54.8 Å². The van der Waals surface area contributed by atoms with Gasteiger partial charge in [-0.3, -0.25) is 9.69 Å². The number of hydrogen-bond acceptors (Lipinski definition) is 7. The molecule has 1 aromatic heterocycles. The number of likely N-dealkylation sites (tertiary alicyclic amines) is 1. The molecule has 3 aliphatic heterocycles. The summed E-state index contributed by atoms with van der Waals surface area (Å²) in [5, 5.41) is 10.3. The summed E-state index contributed by atoms with van der Waals surface area (Å²) in [6.07, 6.45) is -1.55. The number of carbonyl (C=O) groups excluding carboxylic acids is 1. The minimum absolute atomic E-state index is 0.0602. The van der Waals surface area contributed by atoms with Crippen molar-refractivity contribution in [3.05, 3.63) is 34.8 Å². The minimum atomic E-state index is -5.08. The van der Waals surface area contributed by atoms with Gasteiger partial charge in [0.1, 0.15) is 5.01 Å². The Morgan fingerprint density at radius 2 is 2.00 bits per heavy atom. The molecule has 2 fully saturated rings. The Kier molecular flexibility index (Phi) is 5.99. The van der Waals surface area contributed by atoms with E-state index in [1.54, 1.807) is 11.3 Å². The Morgan fingerprint density at radius 1 is 1.25 bits per heavy atom. The first kappa shape index (κ1) is 22.3. The van der Waals surface area contributed by atoms with Crippen molar-refractivity contribution in [2.24, 2.45) is 5.41 Å². The van der Waals surface area contributed by atoms with Crippen molar-refractivity contribution in [2.45, 2.75) is 25.6 Å². The van der Waals surface area contributed by atoms with E-state index < -0.39 is 12.1 Å². The van der Waals surface area contributed by atoms with Gasteiger partial charge in [0.15, 0.2) is 11.5 Å². The summed E-state index contributed by atoms with van der Waals surface area (Å²) < 4.78 is 42.6. The van der Waals surface area contributed by atoms with Crippen LogP contribution < -0.4 is 14.4 Å². The first-order valence-electron chi connectivity index (χ1n) is 9.76. The molecule has 4 heterocycles. The van der Waals surface area contributed by atoms with Crippen molar-refractivity contribution in [1.29, 1.82) is 0 Å². The molecule has 0 bridgehead atoms. The SMILES string of the molecule is O=C(O)C(F)(F)F.O=C1CC2(CCN(Cc3nccs3)C2)CN1c1ccc2c(c1)OCO2. The van der Waals surface area contributed by atoms with E-state index >= 15 is 0 Å². The lowest BCUT2D eigenvalue weighted by molar-refractivity contribution is -0.192. The fraction of sp³-hybridized carbons (Fsp3) is 0.450. The Balaban J connectivity index is 0.000000307. The van der Waals surface area contributed by atoms with Crippen molar-refractivity contribution in [2.75, 3.05) is 31.3 Å². The number of fused-ring (bicyclic) bond motifs is 1. The topological polar surface area (TPSA) is 92.2 Å². The van der Waals surface area contributed by atoms with Gasteiger partial charge in [0.05, 0.1) is 6.54 Å². The van der Waals surface area contributed by atoms with Gasteiger partial charge in [0.25, 0.3) is 0 Å². The van der Waals surface area contributed by atoms with Crippen LogP contribution in [-0.2, 0) is 16.1 Å². The second-order valence-corrected chi connectivity index (χ2v) is 8.86. The number of benzene rings is 1. The number of aromatic nitrogens is 1. The summed E-state index contributed by atoms with van der Waals surface area (Å²) in [6.45, 7) is 3.90. The molecule has 32 heavy (non-hydrogen) atoms. The molecule has 0 radical (unpaired) electrons. The molecule has 172 valence electrons. The van der Waals surface area contributed by atoms with E-state index in [0.29, 0.717) is 6.42 Å². The first-order valence-corrected chi connectivity index (χ1v) is 10.6. The van der Waals surface area contributed by atoms with Crippen LogP contribution in [-0.4, -0.2) is 59.5 Å². The molecule has 1 aromatic carbocycles. The fourth-order valence-electron chi connectivity index (χ4n) is 4.14. The molecule has 8 nitrogen and oxygen atoms in total. The van der Waals surface area contributed by atoms with Crippen LogP contribution in [0.3, 0.4) is 0 Å². The number of nitrogens with zero attached hydrogens (tertiary/aromatic N) is 3. The lowest BCUT2D eigenvalue weighted by Gasteiger charge is -2.24. The molecule has 3 aliphatic rings. The maximum atomic E-state index is 12.7. The van der Waals surface area contributed by atoms with Crippen LogP contribution in [0.2, 0.25) is 0 Å². The third-order valence-corrected chi connectivity index (χ3v) is 6.36. The summed E-state index contributed by atoms with van der Waals surface area (Å²) in [4.78, 5) is 30.3. The van der Waals surface area contributed by atoms with Gasteiger partial charge >= 0.3 is 12.1 Å². The number of aliphatic carboxylic acids is 1. The third-order valence-electron chi connectivity index (χ3n) is 5.59. The number of halogens is 3. The summed E-state index contributed by atoms with van der Waals surface area (Å²) >= 11 is 1.69. The van der Waals surface area contributed by atoms with Crippen LogP contribution in [0.15, 0.2) is 29.8 Å². The molecule has 1 N–H and O–H groups in total. The van der Waals surface area contributed by atoms with Crippen LogP contribution in [0.4, 0.5) is 18.9 Å². The number of alkyl halides is 3. The molecule has 2 aromatic rings. The number of anilines is 1. The van der Waals surface area contributed by atoms with E-state index in [4.69, 9.17) is 19.4 Å². The van der Waals surface area contributed by atoms with Gasteiger partial charge in [0.2, 0.25) is 12.7 Å². The summed E-state index contributed by atoms with van der Waals surface area (Å²) in [5.74, 6) is -1.08. The van der Waals surface area contributed by atoms with Crippen molar-refractivity contribution < 1.29 is 37.3 Å². The zero-order chi connectivity index (χ0) is 22.9. The molecule has 5 rings (SSSR count). The minimum Gasteiger partial charge on any atom is -0.475 e. The predicted octanol–water partition coefficient (Wildman–Crippen LogP) is 3.13. The van der Waals surface area contributed by atoms with Crippen molar-refractivity contribution in [1.82, 2.24) is 9.88 Å². The number of amides is 1. The van der Waals surface area contributed by atoms with Crippen molar-refractivity contribution in [3.63, 3.8) is 0 Å². The maximum Gasteiger partial charge on any atom is 0.490 e. The Morgan fingerprint density at radius 3 is 2.69 bits per heavy atom. The molecular formula is C20H20F3N3O5S. The Labute approximate surface area is 185 Å². The quantitative estimate of drug-likeness (QED) is 0.735. The van der Waals surface area contributed by atoms with Crippen LogP contribution in [0.1, 0.15) is 17.8 Å². The summed E-state index contributed by atoms with van der Waals surface area (Å²) in [5.41, 5.74) is 0.967. The Hall–Kier alpha value is -2.86. The van der Waals surface area contributed by atoms with Gasteiger partial charge in [-0.1, -0.05) is 0 Å². The highest BCUT2D eigenvalue weighted by Gasteiger charge is 2.48. The highest BCUT2D eigenvalue weighted by atomic mass is 32.1. The van der Waals surface area contributed by atoms with Gasteiger partial charge in [-0.15, -0.1) is 11.3 Å². The highest BCUT2D eigenvalue weighted by Crippen LogP contribution is 2.44. The average Bonchev–Trinajstić information content (AvgIpc) is 3.51. The number of carboxylic acids is 1. The number of rotatable bonds is 3. The van der Waals surface area contributed by atoms with Gasteiger partial charge in [-0.2, -0.15) is 13.2 Å². The monoisotopic (exact) mass is 471 g/mol. The molecule has 1 amide bonds. The van der Waals surface area contributed by atoms with Crippen molar-refractivity contribution in [3.8, 4) is 11.5 Å². The maximum absolute atomic E-state index is 12.7. The lowest BCUT2D eigenvalue weighted by atomic mass is 9.86. The molecular weight excluding hydrogens is 451 g/mol. The molecule has 1 spiro atoms. The van der Waals surface area contributed by atoms with Crippen LogP contribution in [0.5, 0.6) is 11.5 Å². The zero-order valence-corrected chi connectivity index (χ0v) is 17.6. The number of carbonyl (C=O) groups is 2. The fourth-order valence-corrected chi connectivity index (χ4v) is 4.80. The second-order valence-electron chi connectivity index (χ2n) is 7.88. The van der Waals surface area contributed by atoms with Gasteiger partial charge in [-0.05, 0) is 25.1 Å². The van der Waals surface area contributed by atoms with E-state index in [1.165, 1.54) is 0 Å². The average molecular weight is 471 g/mol. The van der Waals surface area contributed by atoms with Crippen molar-refractivity contribution >= 4 is 28.9 Å². The number of ether oxygens (including phenoxy) is 2. The molecule has 0 saturated carbocycles. The molecule has 0 aliphatic carbocycles. The smallest absolute Gasteiger partial charge is 0.475 e. The molecule has 2 saturated heterocycles. The lowest BCUT2D eigenvalue weighted by Crippen LogP contribution is -2.31. The van der Waals surface area contributed by atoms with Gasteiger partial charge < -0.3 is 19.5 Å². The van der Waals surface area contributed by atoms with Crippen LogP contribution in [0.25, 0.3) is 0 Å². The first-order chi connectivity index (χ1) is 15.2. The Bertz CT molecular complexity index is 1000. The third kappa shape index (κ3) is 4.80. The predicted molar refractivity (Wildman–Crippen MR) is 108 cm³/mol. The van der Waals surface area contributed by atoms with E-state index in [1.807, 2.05) is 34.7 Å². The standard InChI is InChI=1S/C18H19N3O3S.C2HF3O2/c22-17-8-18(3-5-20(10-18)9-16-19-4-6-25-16)11-21(17)13-1-2-14-15(7-13)24-12-23-14;3-2(4,5)1(6)7/h1-2,4,6-7H,3,5,8-12H2;(H,6,7). The normalized spacial score (nSPS) is 22.3. The van der Waals surface area contributed by atoms with E-state index in [9.17, 15) is 18.0 Å². The van der Waals surface area contributed by atoms with E-state index in [-0.39, 0.29) is 18.1 Å². The van der Waals surface area contributed by atoms with Crippen LogP contribution >= 0.6 is 11.3 Å². The van der Waals surface area contributed by atoms with Gasteiger partial charge in [0, 0.05) is 48.3 Å². The second kappa shape index (κ2) is 8.58.